The van der Waals surface area contributed by atoms with Gasteiger partial charge < -0.3 is 9.84 Å². The van der Waals surface area contributed by atoms with Crippen LogP contribution in [0.4, 0.5) is 10.5 Å². The predicted molar refractivity (Wildman–Crippen MR) is 137 cm³/mol. The highest BCUT2D eigenvalue weighted by atomic mass is 16.6. The molecule has 0 bridgehead atoms. The first-order chi connectivity index (χ1) is 17.0. The highest BCUT2D eigenvalue weighted by molar-refractivity contribution is 5.95. The molecular weight excluding hydrogens is 438 g/mol. The number of hydrogen-bond donors (Lipinski definition) is 1. The molecule has 174 valence electrons. The molecule has 0 aromatic heterocycles. The molecule has 5 rings (SSSR count). The fourth-order valence-corrected chi connectivity index (χ4v) is 4.71. The average molecular weight is 464 g/mol. The Kier molecular flexibility index (Phi) is 6.06. The number of carboxylic acid groups (broad SMARTS) is 1. The first-order valence-electron chi connectivity index (χ1n) is 11.6. The maximum atomic E-state index is 13.3. The van der Waals surface area contributed by atoms with E-state index in [4.69, 9.17) is 4.74 Å². The lowest BCUT2D eigenvalue weighted by Crippen LogP contribution is -2.44. The number of aliphatic carboxylic acids is 1. The van der Waals surface area contributed by atoms with E-state index >= 15 is 0 Å². The Morgan fingerprint density at radius 2 is 1.29 bits per heavy atom. The minimum atomic E-state index is -1.11. The first-order valence-corrected chi connectivity index (χ1v) is 11.6. The van der Waals surface area contributed by atoms with Crippen LogP contribution in [0.15, 0.2) is 103 Å². The lowest BCUT2D eigenvalue weighted by molar-refractivity contribution is -0.138. The molecule has 1 amide bonds. The van der Waals surface area contributed by atoms with Crippen LogP contribution in [0.2, 0.25) is 0 Å². The van der Waals surface area contributed by atoms with E-state index in [0.29, 0.717) is 5.69 Å². The summed E-state index contributed by atoms with van der Waals surface area (Å²) in [7, 11) is 0. The van der Waals surface area contributed by atoms with Crippen LogP contribution in [0.1, 0.15) is 24.0 Å². The third-order valence-electron chi connectivity index (χ3n) is 6.53. The summed E-state index contributed by atoms with van der Waals surface area (Å²) in [6.07, 6.45) is -0.686. The van der Waals surface area contributed by atoms with E-state index in [1.807, 2.05) is 78.9 Å². The third-order valence-corrected chi connectivity index (χ3v) is 6.53. The van der Waals surface area contributed by atoms with E-state index in [0.717, 1.165) is 33.4 Å². The zero-order valence-electron chi connectivity index (χ0n) is 19.3. The maximum absolute atomic E-state index is 13.3. The normalized spacial score (nSPS) is 12.9. The molecule has 0 radical (unpaired) electrons. The zero-order chi connectivity index (χ0) is 24.4. The molecule has 5 nitrogen and oxygen atoms in total. The predicted octanol–water partition coefficient (Wildman–Crippen LogP) is 6.58. The second-order valence-electron chi connectivity index (χ2n) is 8.60. The van der Waals surface area contributed by atoms with Crippen molar-refractivity contribution < 1.29 is 19.4 Å². The molecule has 1 N–H and O–H groups in total. The van der Waals surface area contributed by atoms with Gasteiger partial charge >= 0.3 is 12.1 Å². The fraction of sp³-hybridized carbons (Fsp3) is 0.133. The van der Waals surface area contributed by atoms with Crippen LogP contribution in [-0.4, -0.2) is 29.8 Å². The van der Waals surface area contributed by atoms with E-state index in [1.54, 1.807) is 12.1 Å². The van der Waals surface area contributed by atoms with Gasteiger partial charge in [-0.3, -0.25) is 4.90 Å². The molecule has 4 aromatic carbocycles. The van der Waals surface area contributed by atoms with Gasteiger partial charge in [0.2, 0.25) is 0 Å². The number of amides is 1. The van der Waals surface area contributed by atoms with Gasteiger partial charge in [0.05, 0.1) is 0 Å². The Labute approximate surface area is 204 Å². The van der Waals surface area contributed by atoms with Gasteiger partial charge in [-0.25, -0.2) is 9.59 Å². The van der Waals surface area contributed by atoms with Gasteiger partial charge in [0, 0.05) is 11.6 Å². The minimum Gasteiger partial charge on any atom is -0.480 e. The summed E-state index contributed by atoms with van der Waals surface area (Å²) < 4.78 is 5.77. The molecule has 0 heterocycles. The van der Waals surface area contributed by atoms with Crippen molar-refractivity contribution in [3.63, 3.8) is 0 Å². The van der Waals surface area contributed by atoms with Crippen molar-refractivity contribution in [2.45, 2.75) is 18.9 Å². The number of nitrogens with zero attached hydrogens (tertiary/aromatic N) is 1. The summed E-state index contributed by atoms with van der Waals surface area (Å²) in [5, 5.41) is 9.69. The van der Waals surface area contributed by atoms with Crippen molar-refractivity contribution in [1.82, 2.24) is 0 Å². The van der Waals surface area contributed by atoms with Crippen LogP contribution in [0.25, 0.3) is 22.3 Å². The number of carboxylic acids is 1. The number of hydrogen-bond acceptors (Lipinski definition) is 3. The van der Waals surface area contributed by atoms with Gasteiger partial charge in [0.15, 0.2) is 0 Å². The van der Waals surface area contributed by atoms with E-state index in [1.165, 1.54) is 11.8 Å². The quantitative estimate of drug-likeness (QED) is 0.351. The number of fused-ring (bicyclic) bond motifs is 3. The summed E-state index contributed by atoms with van der Waals surface area (Å²) in [5.74, 6) is -1.21. The standard InChI is InChI=1S/C30H25NO4/c1-20(29(32)33)31(23-17-15-22(16-18-23)21-9-3-2-4-10-21)30(34)35-19-28-26-13-7-5-11-24(26)25-12-6-8-14-27(25)28/h2-18,20,28H,19H2,1H3,(H,32,33)/t20-/m0/s1. The summed E-state index contributed by atoms with van der Waals surface area (Å²) >= 11 is 0. The number of rotatable bonds is 6. The van der Waals surface area contributed by atoms with Crippen molar-refractivity contribution in [3.05, 3.63) is 114 Å². The topological polar surface area (TPSA) is 66.8 Å². The monoisotopic (exact) mass is 463 g/mol. The van der Waals surface area contributed by atoms with Gasteiger partial charge in [-0.15, -0.1) is 0 Å². The molecule has 5 heteroatoms. The molecule has 0 fully saturated rings. The van der Waals surface area contributed by atoms with Crippen LogP contribution >= 0.6 is 0 Å². The van der Waals surface area contributed by atoms with E-state index in [-0.39, 0.29) is 12.5 Å². The number of carbonyl (C=O) groups is 2. The second kappa shape index (κ2) is 9.47. The number of benzene rings is 4. The van der Waals surface area contributed by atoms with Gasteiger partial charge in [-0.2, -0.15) is 0 Å². The van der Waals surface area contributed by atoms with E-state index in [9.17, 15) is 14.7 Å². The highest BCUT2D eigenvalue weighted by Crippen LogP contribution is 2.44. The third kappa shape index (κ3) is 4.28. The lowest BCUT2D eigenvalue weighted by atomic mass is 9.98. The lowest BCUT2D eigenvalue weighted by Gasteiger charge is -2.27. The summed E-state index contributed by atoms with van der Waals surface area (Å²) in [6.45, 7) is 1.60. The Hall–Kier alpha value is -4.38. The zero-order valence-corrected chi connectivity index (χ0v) is 19.3. The molecule has 1 atom stereocenters. The molecule has 0 spiro atoms. The fourth-order valence-electron chi connectivity index (χ4n) is 4.71. The van der Waals surface area contributed by atoms with Crippen molar-refractivity contribution in [1.29, 1.82) is 0 Å². The molecule has 0 saturated heterocycles. The second-order valence-corrected chi connectivity index (χ2v) is 8.60. The van der Waals surface area contributed by atoms with E-state index in [2.05, 4.69) is 12.1 Å². The van der Waals surface area contributed by atoms with Crippen molar-refractivity contribution in [3.8, 4) is 22.3 Å². The molecular formula is C30H25NO4. The smallest absolute Gasteiger partial charge is 0.415 e. The minimum absolute atomic E-state index is 0.103. The van der Waals surface area contributed by atoms with Crippen LogP contribution < -0.4 is 4.90 Å². The highest BCUT2D eigenvalue weighted by Gasteiger charge is 2.32. The SMILES string of the molecule is C[C@@H](C(=O)O)N(C(=O)OCC1c2ccccc2-c2ccccc21)c1ccc(-c2ccccc2)cc1. The molecule has 35 heavy (non-hydrogen) atoms. The molecule has 0 aliphatic heterocycles. The van der Waals surface area contributed by atoms with Crippen LogP contribution in [0, 0.1) is 0 Å². The van der Waals surface area contributed by atoms with Gasteiger partial charge in [0.1, 0.15) is 12.6 Å². The van der Waals surface area contributed by atoms with E-state index < -0.39 is 18.1 Å². The molecule has 0 saturated carbocycles. The van der Waals surface area contributed by atoms with Gasteiger partial charge in [-0.1, -0.05) is 91.0 Å². The van der Waals surface area contributed by atoms with Crippen LogP contribution in [-0.2, 0) is 9.53 Å². The largest absolute Gasteiger partial charge is 0.480 e. The maximum Gasteiger partial charge on any atom is 0.415 e. The Morgan fingerprint density at radius 1 is 0.771 bits per heavy atom. The van der Waals surface area contributed by atoms with Crippen molar-refractivity contribution in [2.75, 3.05) is 11.5 Å². The Balaban J connectivity index is 1.39. The summed E-state index contributed by atoms with van der Waals surface area (Å²) in [5.41, 5.74) is 6.96. The van der Waals surface area contributed by atoms with Gasteiger partial charge in [-0.05, 0) is 52.4 Å². The average Bonchev–Trinajstić information content (AvgIpc) is 3.22. The number of ether oxygens (including phenoxy) is 1. The number of anilines is 1. The van der Waals surface area contributed by atoms with Crippen molar-refractivity contribution in [2.24, 2.45) is 0 Å². The van der Waals surface area contributed by atoms with Crippen LogP contribution in [0.3, 0.4) is 0 Å². The number of carbonyl (C=O) groups excluding carboxylic acids is 1. The Morgan fingerprint density at radius 3 is 1.86 bits per heavy atom. The summed E-state index contributed by atoms with van der Waals surface area (Å²) in [6, 6.07) is 32.2. The van der Waals surface area contributed by atoms with Crippen molar-refractivity contribution >= 4 is 17.7 Å². The molecule has 1 aliphatic carbocycles. The molecule has 0 unspecified atom stereocenters. The van der Waals surface area contributed by atoms with Crippen LogP contribution in [0.5, 0.6) is 0 Å². The summed E-state index contributed by atoms with van der Waals surface area (Å²) in [4.78, 5) is 26.3. The molecule has 1 aliphatic rings. The molecule has 4 aromatic rings. The first kappa shape index (κ1) is 22.4. The Bertz CT molecular complexity index is 1320. The van der Waals surface area contributed by atoms with Gasteiger partial charge in [0.25, 0.3) is 0 Å².